The SMILES string of the molecule is c1ccc2c(c1)CSCC2Nc1ccsc1. The molecular formula is C13H13NS2. The summed E-state index contributed by atoms with van der Waals surface area (Å²) in [5, 5.41) is 7.89. The maximum Gasteiger partial charge on any atom is 0.0607 e. The zero-order chi connectivity index (χ0) is 10.8. The third-order valence-corrected chi connectivity index (χ3v) is 4.60. The van der Waals surface area contributed by atoms with Gasteiger partial charge in [0, 0.05) is 22.6 Å². The molecule has 1 atom stereocenters. The molecule has 0 fully saturated rings. The Bertz CT molecular complexity index is 465. The summed E-state index contributed by atoms with van der Waals surface area (Å²) in [6, 6.07) is 11.4. The largest absolute Gasteiger partial charge is 0.377 e. The van der Waals surface area contributed by atoms with Crippen LogP contribution in [0.3, 0.4) is 0 Å². The number of fused-ring (bicyclic) bond motifs is 1. The molecular weight excluding hydrogens is 234 g/mol. The lowest BCUT2D eigenvalue weighted by molar-refractivity contribution is 0.872. The highest BCUT2D eigenvalue weighted by Gasteiger charge is 2.19. The van der Waals surface area contributed by atoms with Crippen molar-refractivity contribution in [2.24, 2.45) is 0 Å². The molecule has 0 radical (unpaired) electrons. The fraction of sp³-hybridized carbons (Fsp3) is 0.231. The number of thiophene rings is 1. The molecule has 0 spiro atoms. The molecule has 82 valence electrons. The van der Waals surface area contributed by atoms with E-state index in [2.05, 4.69) is 46.4 Å². The number of benzene rings is 1. The first-order valence-electron chi connectivity index (χ1n) is 5.38. The van der Waals surface area contributed by atoms with Crippen molar-refractivity contribution in [2.45, 2.75) is 11.8 Å². The molecule has 2 aromatic rings. The number of nitrogens with one attached hydrogen (secondary N) is 1. The lowest BCUT2D eigenvalue weighted by atomic mass is 10.0. The predicted molar refractivity (Wildman–Crippen MR) is 73.3 cm³/mol. The number of thioether (sulfide) groups is 1. The second-order valence-corrected chi connectivity index (χ2v) is 5.73. The van der Waals surface area contributed by atoms with Gasteiger partial charge in [-0.25, -0.2) is 0 Å². The van der Waals surface area contributed by atoms with Crippen LogP contribution in [0, 0.1) is 0 Å². The third kappa shape index (κ3) is 1.97. The first kappa shape index (κ1) is 10.2. The fourth-order valence-electron chi connectivity index (χ4n) is 2.05. The minimum atomic E-state index is 0.463. The Balaban J connectivity index is 1.87. The molecule has 3 heteroatoms. The molecule has 16 heavy (non-hydrogen) atoms. The van der Waals surface area contributed by atoms with E-state index < -0.39 is 0 Å². The Morgan fingerprint density at radius 2 is 2.12 bits per heavy atom. The van der Waals surface area contributed by atoms with E-state index in [0.29, 0.717) is 6.04 Å². The van der Waals surface area contributed by atoms with E-state index in [-0.39, 0.29) is 0 Å². The molecule has 1 aliphatic heterocycles. The van der Waals surface area contributed by atoms with Crippen molar-refractivity contribution in [3.05, 3.63) is 52.2 Å². The highest BCUT2D eigenvalue weighted by Crippen LogP contribution is 2.33. The van der Waals surface area contributed by atoms with Gasteiger partial charge in [-0.1, -0.05) is 24.3 Å². The Kier molecular flexibility index (Phi) is 2.89. The second-order valence-electron chi connectivity index (χ2n) is 3.92. The maximum absolute atomic E-state index is 3.61. The lowest BCUT2D eigenvalue weighted by Crippen LogP contribution is -2.18. The van der Waals surface area contributed by atoms with E-state index in [9.17, 15) is 0 Å². The molecule has 1 N–H and O–H groups in total. The highest BCUT2D eigenvalue weighted by molar-refractivity contribution is 7.98. The van der Waals surface area contributed by atoms with E-state index >= 15 is 0 Å². The Morgan fingerprint density at radius 1 is 1.19 bits per heavy atom. The summed E-state index contributed by atoms with van der Waals surface area (Å²) >= 11 is 3.75. The van der Waals surface area contributed by atoms with Crippen molar-refractivity contribution in [3.8, 4) is 0 Å². The molecule has 0 bridgehead atoms. The minimum absolute atomic E-state index is 0.463. The molecule has 0 amide bonds. The van der Waals surface area contributed by atoms with Gasteiger partial charge in [0.15, 0.2) is 0 Å². The van der Waals surface area contributed by atoms with Gasteiger partial charge in [-0.2, -0.15) is 23.1 Å². The van der Waals surface area contributed by atoms with E-state index in [1.54, 1.807) is 11.3 Å². The van der Waals surface area contributed by atoms with Gasteiger partial charge in [0.25, 0.3) is 0 Å². The van der Waals surface area contributed by atoms with Crippen molar-refractivity contribution < 1.29 is 0 Å². The van der Waals surface area contributed by atoms with E-state index in [1.807, 2.05) is 11.8 Å². The quantitative estimate of drug-likeness (QED) is 0.855. The monoisotopic (exact) mass is 247 g/mol. The lowest BCUT2D eigenvalue weighted by Gasteiger charge is -2.26. The van der Waals surface area contributed by atoms with Gasteiger partial charge in [0.1, 0.15) is 0 Å². The molecule has 2 heterocycles. The molecule has 3 rings (SSSR count). The van der Waals surface area contributed by atoms with Gasteiger partial charge in [0.2, 0.25) is 0 Å². The van der Waals surface area contributed by atoms with E-state index in [0.717, 1.165) is 11.5 Å². The number of hydrogen-bond acceptors (Lipinski definition) is 3. The predicted octanol–water partition coefficient (Wildman–Crippen LogP) is 4.15. The molecule has 1 aromatic heterocycles. The molecule has 1 nitrogen and oxygen atoms in total. The van der Waals surface area contributed by atoms with Gasteiger partial charge in [0.05, 0.1) is 6.04 Å². The average Bonchev–Trinajstić information content (AvgIpc) is 2.82. The third-order valence-electron chi connectivity index (χ3n) is 2.83. The molecule has 1 unspecified atom stereocenters. The van der Waals surface area contributed by atoms with Crippen LogP contribution < -0.4 is 5.32 Å². The van der Waals surface area contributed by atoms with Crippen molar-refractivity contribution in [1.29, 1.82) is 0 Å². The topological polar surface area (TPSA) is 12.0 Å². The van der Waals surface area contributed by atoms with Crippen LogP contribution in [-0.2, 0) is 5.75 Å². The maximum atomic E-state index is 3.61. The normalized spacial score (nSPS) is 19.1. The van der Waals surface area contributed by atoms with Crippen molar-refractivity contribution in [3.63, 3.8) is 0 Å². The van der Waals surface area contributed by atoms with Crippen LogP contribution in [0.1, 0.15) is 17.2 Å². The van der Waals surface area contributed by atoms with Crippen LogP contribution in [0.5, 0.6) is 0 Å². The summed E-state index contributed by atoms with van der Waals surface area (Å²) in [4.78, 5) is 0. The number of anilines is 1. The first-order chi connectivity index (χ1) is 7.93. The number of rotatable bonds is 2. The van der Waals surface area contributed by atoms with Crippen LogP contribution in [0.2, 0.25) is 0 Å². The van der Waals surface area contributed by atoms with Crippen LogP contribution in [0.15, 0.2) is 41.1 Å². The summed E-state index contributed by atoms with van der Waals surface area (Å²) in [5.41, 5.74) is 4.19. The molecule has 0 saturated carbocycles. The van der Waals surface area contributed by atoms with Gasteiger partial charge < -0.3 is 5.32 Å². The Morgan fingerprint density at radius 3 is 3.00 bits per heavy atom. The smallest absolute Gasteiger partial charge is 0.0607 e. The van der Waals surface area contributed by atoms with E-state index in [4.69, 9.17) is 0 Å². The van der Waals surface area contributed by atoms with E-state index in [1.165, 1.54) is 16.8 Å². The zero-order valence-corrected chi connectivity index (χ0v) is 10.5. The van der Waals surface area contributed by atoms with Gasteiger partial charge in [-0.05, 0) is 22.6 Å². The Hall–Kier alpha value is -0.930. The van der Waals surface area contributed by atoms with Crippen molar-refractivity contribution in [1.82, 2.24) is 0 Å². The van der Waals surface area contributed by atoms with Crippen molar-refractivity contribution in [2.75, 3.05) is 11.1 Å². The van der Waals surface area contributed by atoms with Crippen LogP contribution in [0.4, 0.5) is 5.69 Å². The molecule has 1 aliphatic rings. The average molecular weight is 247 g/mol. The summed E-state index contributed by atoms with van der Waals surface area (Å²) < 4.78 is 0. The molecule has 1 aromatic carbocycles. The molecule has 0 aliphatic carbocycles. The van der Waals surface area contributed by atoms with Crippen LogP contribution in [-0.4, -0.2) is 5.75 Å². The minimum Gasteiger partial charge on any atom is -0.377 e. The van der Waals surface area contributed by atoms with Crippen LogP contribution in [0.25, 0.3) is 0 Å². The Labute approximate surface area is 104 Å². The second kappa shape index (κ2) is 4.52. The van der Waals surface area contributed by atoms with Gasteiger partial charge in [-0.3, -0.25) is 0 Å². The first-order valence-corrected chi connectivity index (χ1v) is 7.47. The molecule has 0 saturated heterocycles. The van der Waals surface area contributed by atoms with Crippen molar-refractivity contribution >= 4 is 28.8 Å². The highest BCUT2D eigenvalue weighted by atomic mass is 32.2. The van der Waals surface area contributed by atoms with Gasteiger partial charge >= 0.3 is 0 Å². The summed E-state index contributed by atoms with van der Waals surface area (Å²) in [5.74, 6) is 2.31. The fourth-order valence-corrected chi connectivity index (χ4v) is 3.75. The summed E-state index contributed by atoms with van der Waals surface area (Å²) in [6.45, 7) is 0. The van der Waals surface area contributed by atoms with Crippen LogP contribution >= 0.6 is 23.1 Å². The summed E-state index contributed by atoms with van der Waals surface area (Å²) in [6.07, 6.45) is 0. The standard InChI is InChI=1S/C13H13NS2/c1-2-4-12-10(3-1)7-16-9-13(12)14-11-5-6-15-8-11/h1-6,8,13-14H,7,9H2. The number of hydrogen-bond donors (Lipinski definition) is 1. The zero-order valence-electron chi connectivity index (χ0n) is 8.85. The summed E-state index contributed by atoms with van der Waals surface area (Å²) in [7, 11) is 0. The van der Waals surface area contributed by atoms with Gasteiger partial charge in [-0.15, -0.1) is 0 Å².